The van der Waals surface area contributed by atoms with Crippen LogP contribution in [0, 0.1) is 6.92 Å². The number of ether oxygens (including phenoxy) is 2. The number of hydrogen-bond acceptors (Lipinski definition) is 8. The van der Waals surface area contributed by atoms with Gasteiger partial charge in [0.05, 0.1) is 19.9 Å². The number of nitrogens with one attached hydrogen (secondary N) is 2. The first-order valence-electron chi connectivity index (χ1n) is 9.57. The van der Waals surface area contributed by atoms with Crippen molar-refractivity contribution in [1.29, 1.82) is 0 Å². The first kappa shape index (κ1) is 18.8. The molecule has 31 heavy (non-hydrogen) atoms. The van der Waals surface area contributed by atoms with E-state index >= 15 is 0 Å². The van der Waals surface area contributed by atoms with Gasteiger partial charge in [-0.3, -0.25) is 4.79 Å². The second-order valence-corrected chi connectivity index (χ2v) is 7.15. The van der Waals surface area contributed by atoms with Gasteiger partial charge >= 0.3 is 0 Å². The molecule has 1 atom stereocenters. The summed E-state index contributed by atoms with van der Waals surface area (Å²) in [6, 6.07) is 13.0. The highest BCUT2D eigenvalue weighted by Crippen LogP contribution is 2.42. The molecule has 0 spiro atoms. The van der Waals surface area contributed by atoms with E-state index in [1.54, 1.807) is 18.9 Å². The number of hydrogen-bond donors (Lipinski definition) is 2. The first-order chi connectivity index (χ1) is 15.1. The maximum Gasteiger partial charge on any atom is 0.288 e. The van der Waals surface area contributed by atoms with Crippen molar-refractivity contribution in [3.63, 3.8) is 0 Å². The molecule has 156 valence electrons. The van der Waals surface area contributed by atoms with Crippen LogP contribution in [0.4, 0.5) is 11.6 Å². The zero-order valence-electron chi connectivity index (χ0n) is 17.1. The fourth-order valence-electron chi connectivity index (χ4n) is 3.80. The van der Waals surface area contributed by atoms with Crippen molar-refractivity contribution in [3.8, 4) is 22.8 Å². The van der Waals surface area contributed by atoms with Gasteiger partial charge in [-0.15, -0.1) is 0 Å². The van der Waals surface area contributed by atoms with Crippen molar-refractivity contribution in [2.75, 3.05) is 19.5 Å². The second-order valence-electron chi connectivity index (χ2n) is 7.15. The van der Waals surface area contributed by atoms with Crippen LogP contribution in [0.15, 0.2) is 47.3 Å². The number of aryl methyl sites for hydroxylation is 1. The Balaban J connectivity index is 1.79. The normalized spacial score (nSPS) is 14.4. The van der Waals surface area contributed by atoms with Gasteiger partial charge in [-0.1, -0.05) is 41.0 Å². The molecule has 10 heteroatoms. The maximum atomic E-state index is 12.7. The third kappa shape index (κ3) is 3.00. The highest BCUT2D eigenvalue weighted by molar-refractivity contribution is 5.75. The van der Waals surface area contributed by atoms with Crippen molar-refractivity contribution in [3.05, 3.63) is 69.5 Å². The Labute approximate surface area is 176 Å². The number of aromatic nitrogens is 6. The van der Waals surface area contributed by atoms with E-state index in [4.69, 9.17) is 9.47 Å². The first-order valence-corrected chi connectivity index (χ1v) is 9.57. The predicted molar refractivity (Wildman–Crippen MR) is 113 cm³/mol. The third-order valence-corrected chi connectivity index (χ3v) is 5.32. The largest absolute Gasteiger partial charge is 0.493 e. The van der Waals surface area contributed by atoms with Gasteiger partial charge in [0.25, 0.3) is 5.56 Å². The molecule has 2 aromatic heterocycles. The number of rotatable bonds is 4. The number of H-pyrrole nitrogens is 1. The molecule has 2 N–H and O–H groups in total. The number of methoxy groups -OCH3 is 2. The summed E-state index contributed by atoms with van der Waals surface area (Å²) in [5.41, 5.74) is 4.09. The van der Waals surface area contributed by atoms with Gasteiger partial charge in [0.15, 0.2) is 11.5 Å². The Bertz CT molecular complexity index is 1330. The van der Waals surface area contributed by atoms with E-state index < -0.39 is 6.04 Å². The summed E-state index contributed by atoms with van der Waals surface area (Å²) in [6.45, 7) is 2.01. The summed E-state index contributed by atoms with van der Waals surface area (Å²) in [7, 11) is 3.15. The Morgan fingerprint density at radius 3 is 2.55 bits per heavy atom. The molecule has 0 radical (unpaired) electrons. The fraction of sp³-hybridized carbons (Fsp3) is 0.190. The van der Waals surface area contributed by atoms with E-state index in [0.717, 1.165) is 16.7 Å². The van der Waals surface area contributed by atoms with Gasteiger partial charge in [-0.2, -0.15) is 9.78 Å². The molecule has 2 aromatic carbocycles. The quantitative estimate of drug-likeness (QED) is 0.458. The number of anilines is 2. The number of aromatic amines is 1. The molecule has 0 amide bonds. The SMILES string of the molecule is COc1ccc(C2c3c(-c4ccc(C)cc4)n[nH]c(=O)c3Nc3nnnn32)cc1OC. The molecule has 10 nitrogen and oxygen atoms in total. The van der Waals surface area contributed by atoms with Gasteiger partial charge in [0.1, 0.15) is 11.7 Å². The number of nitrogens with zero attached hydrogens (tertiary/aromatic N) is 5. The lowest BCUT2D eigenvalue weighted by Gasteiger charge is -2.28. The van der Waals surface area contributed by atoms with Gasteiger partial charge in [-0.05, 0) is 35.0 Å². The lowest BCUT2D eigenvalue weighted by Crippen LogP contribution is -2.29. The maximum absolute atomic E-state index is 12.7. The molecule has 0 bridgehead atoms. The summed E-state index contributed by atoms with van der Waals surface area (Å²) in [5.74, 6) is 1.52. The minimum Gasteiger partial charge on any atom is -0.493 e. The molecule has 0 fully saturated rings. The predicted octanol–water partition coefficient (Wildman–Crippen LogP) is 2.44. The summed E-state index contributed by atoms with van der Waals surface area (Å²) in [6.07, 6.45) is 0. The Morgan fingerprint density at radius 2 is 1.81 bits per heavy atom. The van der Waals surface area contributed by atoms with E-state index in [-0.39, 0.29) is 5.56 Å². The minimum absolute atomic E-state index is 0.354. The molecule has 0 saturated heterocycles. The topological polar surface area (TPSA) is 120 Å². The number of benzene rings is 2. The van der Waals surface area contributed by atoms with Gasteiger partial charge in [0, 0.05) is 11.1 Å². The van der Waals surface area contributed by atoms with Crippen molar-refractivity contribution >= 4 is 11.6 Å². The molecule has 0 aliphatic carbocycles. The standard InChI is InChI=1S/C21H19N7O3/c1-11-4-6-12(7-5-11)17-16-18(20(29)24-23-17)22-21-25-26-27-28(21)19(16)13-8-9-14(30-2)15(10-13)31-3/h4-10,19H,1-3H3,(H,24,29)(H,22,25,27). The van der Waals surface area contributed by atoms with Gasteiger partial charge in [-0.25, -0.2) is 5.10 Å². The average Bonchev–Trinajstić information content (AvgIpc) is 3.27. The smallest absolute Gasteiger partial charge is 0.288 e. The average molecular weight is 417 g/mol. The molecule has 5 rings (SSSR count). The van der Waals surface area contributed by atoms with Crippen molar-refractivity contribution in [2.24, 2.45) is 0 Å². The van der Waals surface area contributed by atoms with E-state index in [0.29, 0.717) is 34.4 Å². The van der Waals surface area contributed by atoms with Crippen LogP contribution in [0.25, 0.3) is 11.3 Å². The lowest BCUT2D eigenvalue weighted by molar-refractivity contribution is 0.354. The lowest BCUT2D eigenvalue weighted by atomic mass is 9.92. The summed E-state index contributed by atoms with van der Waals surface area (Å²) in [4.78, 5) is 12.7. The number of fused-ring (bicyclic) bond motifs is 2. The Hall–Kier alpha value is -4.21. The number of tetrazole rings is 1. The zero-order valence-corrected chi connectivity index (χ0v) is 17.1. The summed E-state index contributed by atoms with van der Waals surface area (Å²) < 4.78 is 12.5. The molecule has 1 aliphatic heterocycles. The van der Waals surface area contributed by atoms with Gasteiger partial charge < -0.3 is 14.8 Å². The van der Waals surface area contributed by atoms with E-state index in [1.807, 2.05) is 49.4 Å². The van der Waals surface area contributed by atoms with Gasteiger partial charge in [0.2, 0.25) is 5.95 Å². The minimum atomic E-state index is -0.507. The van der Waals surface area contributed by atoms with Crippen LogP contribution in [-0.4, -0.2) is 44.6 Å². The molecule has 1 aliphatic rings. The van der Waals surface area contributed by atoms with Crippen molar-refractivity contribution in [1.82, 2.24) is 30.4 Å². The fourth-order valence-corrected chi connectivity index (χ4v) is 3.80. The van der Waals surface area contributed by atoms with Crippen LogP contribution < -0.4 is 20.3 Å². The second kappa shape index (κ2) is 7.24. The van der Waals surface area contributed by atoms with Crippen LogP contribution in [0.3, 0.4) is 0 Å². The third-order valence-electron chi connectivity index (χ3n) is 5.32. The van der Waals surface area contributed by atoms with Crippen molar-refractivity contribution < 1.29 is 9.47 Å². The molecular weight excluding hydrogens is 398 g/mol. The molecule has 3 heterocycles. The molecule has 1 unspecified atom stereocenters. The zero-order chi connectivity index (χ0) is 21.5. The van der Waals surface area contributed by atoms with E-state index in [9.17, 15) is 4.79 Å². The molecule has 4 aromatic rings. The Morgan fingerprint density at radius 1 is 1.03 bits per heavy atom. The highest BCUT2D eigenvalue weighted by atomic mass is 16.5. The molecule has 0 saturated carbocycles. The van der Waals surface area contributed by atoms with E-state index in [2.05, 4.69) is 31.0 Å². The highest BCUT2D eigenvalue weighted by Gasteiger charge is 2.34. The van der Waals surface area contributed by atoms with E-state index in [1.165, 1.54) is 0 Å². The van der Waals surface area contributed by atoms with Crippen LogP contribution >= 0.6 is 0 Å². The summed E-state index contributed by atoms with van der Waals surface area (Å²) in [5, 5.41) is 22.0. The van der Waals surface area contributed by atoms with Crippen LogP contribution in [-0.2, 0) is 0 Å². The summed E-state index contributed by atoms with van der Waals surface area (Å²) >= 11 is 0. The Kier molecular flexibility index (Phi) is 4.39. The van der Waals surface area contributed by atoms with Crippen LogP contribution in [0.5, 0.6) is 11.5 Å². The van der Waals surface area contributed by atoms with Crippen LogP contribution in [0.2, 0.25) is 0 Å². The molecular formula is C21H19N7O3. The van der Waals surface area contributed by atoms with Crippen LogP contribution in [0.1, 0.15) is 22.7 Å². The van der Waals surface area contributed by atoms with Crippen molar-refractivity contribution in [2.45, 2.75) is 13.0 Å². The monoisotopic (exact) mass is 417 g/mol.